The number of amides is 2. The highest BCUT2D eigenvalue weighted by atomic mass is 35.5. The zero-order valence-electron chi connectivity index (χ0n) is 15.5. The molecule has 2 N–H and O–H groups in total. The van der Waals surface area contributed by atoms with Gasteiger partial charge >= 0.3 is 0 Å². The van der Waals surface area contributed by atoms with Gasteiger partial charge in [0.25, 0.3) is 11.8 Å². The molecule has 0 spiro atoms. The van der Waals surface area contributed by atoms with Crippen LogP contribution in [-0.2, 0) is 9.84 Å². The zero-order chi connectivity index (χ0) is 21.2. The molecular weight excluding hydrogens is 416 g/mol. The van der Waals surface area contributed by atoms with Crippen molar-refractivity contribution in [2.75, 3.05) is 16.9 Å². The summed E-state index contributed by atoms with van der Waals surface area (Å²) in [5, 5.41) is 5.48. The molecule has 0 fully saturated rings. The predicted octanol–water partition coefficient (Wildman–Crippen LogP) is 4.15. The second-order valence-electron chi connectivity index (χ2n) is 6.31. The maximum Gasteiger partial charge on any atom is 0.291 e. The van der Waals surface area contributed by atoms with Gasteiger partial charge in [0.15, 0.2) is 15.6 Å². The number of furan rings is 1. The molecule has 0 radical (unpaired) electrons. The summed E-state index contributed by atoms with van der Waals surface area (Å²) >= 11 is 6.21. The highest BCUT2D eigenvalue weighted by Crippen LogP contribution is 2.26. The Morgan fingerprint density at radius 2 is 1.72 bits per heavy atom. The molecule has 29 heavy (non-hydrogen) atoms. The average molecular weight is 433 g/mol. The molecule has 0 saturated heterocycles. The molecule has 2 amide bonds. The summed E-state index contributed by atoms with van der Waals surface area (Å²) in [5.74, 6) is -0.156. The third kappa shape index (κ3) is 5.04. The second-order valence-corrected chi connectivity index (χ2v) is 8.74. The van der Waals surface area contributed by atoms with E-state index in [0.717, 1.165) is 6.26 Å². The maximum atomic E-state index is 12.4. The van der Waals surface area contributed by atoms with E-state index in [1.165, 1.54) is 36.4 Å². The number of nitrogens with one attached hydrogen (secondary N) is 2. The van der Waals surface area contributed by atoms with Crippen LogP contribution in [-0.4, -0.2) is 26.5 Å². The molecule has 3 rings (SSSR count). The lowest BCUT2D eigenvalue weighted by Crippen LogP contribution is -2.14. The van der Waals surface area contributed by atoms with Gasteiger partial charge < -0.3 is 15.1 Å². The van der Waals surface area contributed by atoms with Crippen molar-refractivity contribution in [2.45, 2.75) is 11.8 Å². The van der Waals surface area contributed by atoms with E-state index < -0.39 is 21.7 Å². The number of rotatable bonds is 5. The fourth-order valence-corrected chi connectivity index (χ4v) is 3.40. The van der Waals surface area contributed by atoms with E-state index in [-0.39, 0.29) is 21.2 Å². The minimum absolute atomic E-state index is 0.0440. The molecule has 0 aliphatic heterocycles. The normalized spacial score (nSPS) is 11.1. The van der Waals surface area contributed by atoms with Gasteiger partial charge in [0.2, 0.25) is 0 Å². The Hall–Kier alpha value is -3.10. The number of benzene rings is 2. The second kappa shape index (κ2) is 8.10. The fourth-order valence-electron chi connectivity index (χ4n) is 2.51. The molecule has 9 heteroatoms. The molecule has 2 aromatic carbocycles. The lowest BCUT2D eigenvalue weighted by atomic mass is 10.2. The molecule has 1 aromatic heterocycles. The summed E-state index contributed by atoms with van der Waals surface area (Å²) in [6.45, 7) is 1.73. The number of hydrogen-bond acceptors (Lipinski definition) is 5. The molecule has 0 unspecified atom stereocenters. The molecule has 1 heterocycles. The van der Waals surface area contributed by atoms with E-state index >= 15 is 0 Å². The van der Waals surface area contributed by atoms with Crippen LogP contribution in [0.25, 0.3) is 0 Å². The Kier molecular flexibility index (Phi) is 5.76. The van der Waals surface area contributed by atoms with Crippen molar-refractivity contribution in [1.29, 1.82) is 0 Å². The predicted molar refractivity (Wildman–Crippen MR) is 110 cm³/mol. The van der Waals surface area contributed by atoms with Gasteiger partial charge in [0.1, 0.15) is 5.76 Å². The Labute approximate surface area is 172 Å². The van der Waals surface area contributed by atoms with Crippen LogP contribution in [0.1, 0.15) is 26.7 Å². The van der Waals surface area contributed by atoms with Crippen LogP contribution in [0.4, 0.5) is 11.4 Å². The van der Waals surface area contributed by atoms with E-state index in [9.17, 15) is 18.0 Å². The third-order valence-electron chi connectivity index (χ3n) is 3.96. The van der Waals surface area contributed by atoms with Crippen LogP contribution in [0.5, 0.6) is 0 Å². The van der Waals surface area contributed by atoms with Crippen LogP contribution in [0.15, 0.2) is 63.9 Å². The Balaban J connectivity index is 1.74. The van der Waals surface area contributed by atoms with Gasteiger partial charge in [-0.3, -0.25) is 9.59 Å². The van der Waals surface area contributed by atoms with E-state index in [1.54, 1.807) is 25.1 Å². The van der Waals surface area contributed by atoms with Crippen LogP contribution in [0.3, 0.4) is 0 Å². The standard InChI is InChI=1S/C20H17ClN2O5S/c1-12-6-9-18(28-12)20(25)22-14-7-8-17(16(21)11-14)23-19(24)13-4-3-5-15(10-13)29(2,26)27/h3-11H,1-2H3,(H,22,25)(H,23,24). The fraction of sp³-hybridized carbons (Fsp3) is 0.100. The minimum atomic E-state index is -3.43. The SMILES string of the molecule is Cc1ccc(C(=O)Nc2ccc(NC(=O)c3cccc(S(C)(=O)=O)c3)c(Cl)c2)o1. The van der Waals surface area contributed by atoms with Gasteiger partial charge in [0, 0.05) is 17.5 Å². The lowest BCUT2D eigenvalue weighted by molar-refractivity contribution is 0.0993. The summed E-state index contributed by atoms with van der Waals surface area (Å²) < 4.78 is 28.6. The quantitative estimate of drug-likeness (QED) is 0.630. The lowest BCUT2D eigenvalue weighted by Gasteiger charge is -2.10. The monoisotopic (exact) mass is 432 g/mol. The van der Waals surface area contributed by atoms with Crippen LogP contribution < -0.4 is 10.6 Å². The van der Waals surface area contributed by atoms with Crippen molar-refractivity contribution < 1.29 is 22.4 Å². The number of aryl methyl sites for hydroxylation is 1. The van der Waals surface area contributed by atoms with Crippen molar-refractivity contribution in [3.05, 3.63) is 76.7 Å². The molecule has 0 bridgehead atoms. The smallest absolute Gasteiger partial charge is 0.291 e. The van der Waals surface area contributed by atoms with E-state index in [4.69, 9.17) is 16.0 Å². The van der Waals surface area contributed by atoms with Crippen LogP contribution in [0, 0.1) is 6.92 Å². The minimum Gasteiger partial charge on any atom is -0.456 e. The molecule has 7 nitrogen and oxygen atoms in total. The molecular formula is C20H17ClN2O5S. The molecule has 0 saturated carbocycles. The summed E-state index contributed by atoms with van der Waals surface area (Å²) in [4.78, 5) is 24.6. The Morgan fingerprint density at radius 3 is 2.34 bits per heavy atom. The number of carbonyl (C=O) groups excluding carboxylic acids is 2. The number of carbonyl (C=O) groups is 2. The van der Waals surface area contributed by atoms with Gasteiger partial charge in [-0.15, -0.1) is 0 Å². The van der Waals surface area contributed by atoms with Gasteiger partial charge in [-0.05, 0) is 55.5 Å². The van der Waals surface area contributed by atoms with Crippen molar-refractivity contribution in [3.63, 3.8) is 0 Å². The van der Waals surface area contributed by atoms with Crippen molar-refractivity contribution in [3.8, 4) is 0 Å². The topological polar surface area (TPSA) is 105 Å². The maximum absolute atomic E-state index is 12.4. The van der Waals surface area contributed by atoms with E-state index in [1.807, 2.05) is 0 Å². The summed E-state index contributed by atoms with van der Waals surface area (Å²) in [6, 6.07) is 13.5. The van der Waals surface area contributed by atoms with Crippen LogP contribution >= 0.6 is 11.6 Å². The van der Waals surface area contributed by atoms with E-state index in [2.05, 4.69) is 10.6 Å². The number of hydrogen-bond donors (Lipinski definition) is 2. The third-order valence-corrected chi connectivity index (χ3v) is 5.39. The van der Waals surface area contributed by atoms with E-state index in [0.29, 0.717) is 17.1 Å². The van der Waals surface area contributed by atoms with Gasteiger partial charge in [-0.2, -0.15) is 0 Å². The number of halogens is 1. The molecule has 0 atom stereocenters. The van der Waals surface area contributed by atoms with Crippen LogP contribution in [0.2, 0.25) is 5.02 Å². The largest absolute Gasteiger partial charge is 0.456 e. The number of sulfone groups is 1. The highest BCUT2D eigenvalue weighted by Gasteiger charge is 2.14. The molecule has 150 valence electrons. The molecule has 0 aliphatic rings. The van der Waals surface area contributed by atoms with Crippen molar-refractivity contribution in [1.82, 2.24) is 0 Å². The highest BCUT2D eigenvalue weighted by molar-refractivity contribution is 7.90. The number of anilines is 2. The first-order chi connectivity index (χ1) is 13.6. The Morgan fingerprint density at radius 1 is 0.966 bits per heavy atom. The summed E-state index contributed by atoms with van der Waals surface area (Å²) in [5.41, 5.74) is 0.911. The van der Waals surface area contributed by atoms with Crippen molar-refractivity contribution >= 4 is 44.6 Å². The van der Waals surface area contributed by atoms with Crippen molar-refractivity contribution in [2.24, 2.45) is 0 Å². The summed E-state index contributed by atoms with van der Waals surface area (Å²) in [7, 11) is -3.43. The Bertz CT molecular complexity index is 1200. The first kappa shape index (κ1) is 20.6. The first-order valence-corrected chi connectivity index (χ1v) is 10.7. The zero-order valence-corrected chi connectivity index (χ0v) is 17.1. The average Bonchev–Trinajstić information content (AvgIpc) is 3.10. The summed E-state index contributed by atoms with van der Waals surface area (Å²) in [6.07, 6.45) is 1.07. The van der Waals surface area contributed by atoms with Gasteiger partial charge in [-0.1, -0.05) is 17.7 Å². The molecule has 0 aliphatic carbocycles. The van der Waals surface area contributed by atoms with Gasteiger partial charge in [-0.25, -0.2) is 8.42 Å². The van der Waals surface area contributed by atoms with Gasteiger partial charge in [0.05, 0.1) is 15.6 Å². The molecule has 3 aromatic rings. The first-order valence-electron chi connectivity index (χ1n) is 8.42.